The van der Waals surface area contributed by atoms with E-state index in [2.05, 4.69) is 112 Å². The van der Waals surface area contributed by atoms with Gasteiger partial charge in [-0.25, -0.2) is 0 Å². The first-order chi connectivity index (χ1) is 14.5. The van der Waals surface area contributed by atoms with E-state index in [-0.39, 0.29) is 5.41 Å². The molecule has 0 amide bonds. The number of fused-ring (bicyclic) bond motifs is 11. The van der Waals surface area contributed by atoms with Crippen molar-refractivity contribution in [1.82, 2.24) is 0 Å². The molecule has 0 atom stereocenters. The van der Waals surface area contributed by atoms with Crippen LogP contribution in [0.15, 0.2) is 91.0 Å². The topological polar surface area (TPSA) is 0 Å². The van der Waals surface area contributed by atoms with Gasteiger partial charge < -0.3 is 0 Å². The van der Waals surface area contributed by atoms with Gasteiger partial charge in [0.05, 0.1) is 0 Å². The van der Waals surface area contributed by atoms with Crippen molar-refractivity contribution in [1.29, 1.82) is 0 Å². The van der Waals surface area contributed by atoms with Crippen molar-refractivity contribution < 1.29 is 0 Å². The average Bonchev–Trinajstić information content (AvgIpc) is 2.78. The SMILES string of the molecule is CC(C)(C)c1ccc2c3ccccc3c3c4ccccc4c4ccccc4c3c2c1. The standard InChI is InChI=1S/C30H24/c1-30(2,3)19-16-17-23-22-12-6-8-14-25(22)28-24-13-7-4-10-20(24)21-11-5-9-15-26(21)29(28)27(23)18-19/h4-18H,1-3H3. The maximum absolute atomic E-state index is 2.44. The van der Waals surface area contributed by atoms with Crippen LogP contribution in [0, 0.1) is 0 Å². The van der Waals surface area contributed by atoms with E-state index in [1.54, 1.807) is 0 Å². The lowest BCUT2D eigenvalue weighted by Gasteiger charge is -2.21. The summed E-state index contributed by atoms with van der Waals surface area (Å²) in [5.74, 6) is 0. The molecule has 0 N–H and O–H groups in total. The third-order valence-electron chi connectivity index (χ3n) is 6.57. The van der Waals surface area contributed by atoms with Crippen molar-refractivity contribution in [3.8, 4) is 0 Å². The molecule has 0 saturated carbocycles. The molecule has 144 valence electrons. The van der Waals surface area contributed by atoms with E-state index in [9.17, 15) is 0 Å². The van der Waals surface area contributed by atoms with Gasteiger partial charge >= 0.3 is 0 Å². The number of hydrogen-bond donors (Lipinski definition) is 0. The summed E-state index contributed by atoms with van der Waals surface area (Å²) in [6, 6.07) is 33.7. The maximum atomic E-state index is 2.44. The zero-order chi connectivity index (χ0) is 20.5. The molecule has 6 rings (SSSR count). The van der Waals surface area contributed by atoms with Crippen molar-refractivity contribution in [2.24, 2.45) is 0 Å². The molecule has 0 nitrogen and oxygen atoms in total. The van der Waals surface area contributed by atoms with Crippen LogP contribution in [0.2, 0.25) is 0 Å². The summed E-state index contributed by atoms with van der Waals surface area (Å²) < 4.78 is 0. The second-order valence-electron chi connectivity index (χ2n) is 9.40. The third-order valence-corrected chi connectivity index (χ3v) is 6.57. The van der Waals surface area contributed by atoms with Gasteiger partial charge in [0, 0.05) is 0 Å². The smallest absolute Gasteiger partial charge is 0.00138 e. The molecule has 0 heterocycles. The van der Waals surface area contributed by atoms with Gasteiger partial charge in [-0.3, -0.25) is 0 Å². The van der Waals surface area contributed by atoms with E-state index in [0.29, 0.717) is 0 Å². The fourth-order valence-electron chi connectivity index (χ4n) is 5.09. The average molecular weight is 385 g/mol. The van der Waals surface area contributed by atoms with Crippen LogP contribution in [0.1, 0.15) is 26.3 Å². The lowest BCUT2D eigenvalue weighted by molar-refractivity contribution is 0.591. The molecule has 0 heteroatoms. The Hall–Kier alpha value is -3.38. The second-order valence-corrected chi connectivity index (χ2v) is 9.40. The molecule has 0 saturated heterocycles. The highest BCUT2D eigenvalue weighted by atomic mass is 14.2. The molecule has 0 bridgehead atoms. The molecule has 6 aromatic carbocycles. The van der Waals surface area contributed by atoms with Crippen LogP contribution in [0.25, 0.3) is 53.9 Å². The number of hydrogen-bond acceptors (Lipinski definition) is 0. The molecule has 0 spiro atoms. The summed E-state index contributed by atoms with van der Waals surface area (Å²) in [6.45, 7) is 6.89. The van der Waals surface area contributed by atoms with Crippen molar-refractivity contribution in [3.05, 3.63) is 96.6 Å². The molecular formula is C30H24. The van der Waals surface area contributed by atoms with E-state index in [1.807, 2.05) is 0 Å². The molecular weight excluding hydrogens is 360 g/mol. The van der Waals surface area contributed by atoms with E-state index >= 15 is 0 Å². The Morgan fingerprint density at radius 2 is 0.767 bits per heavy atom. The van der Waals surface area contributed by atoms with Crippen molar-refractivity contribution in [3.63, 3.8) is 0 Å². The summed E-state index contributed by atoms with van der Waals surface area (Å²) >= 11 is 0. The Morgan fingerprint density at radius 1 is 0.400 bits per heavy atom. The number of rotatable bonds is 0. The van der Waals surface area contributed by atoms with Gasteiger partial charge in [-0.1, -0.05) is 106 Å². The molecule has 6 aromatic rings. The fraction of sp³-hybridized carbons (Fsp3) is 0.133. The Balaban J connectivity index is 2.04. The quantitative estimate of drug-likeness (QED) is 0.230. The molecule has 0 radical (unpaired) electrons. The molecule has 30 heavy (non-hydrogen) atoms. The van der Waals surface area contributed by atoms with Gasteiger partial charge in [-0.15, -0.1) is 0 Å². The van der Waals surface area contributed by atoms with Crippen molar-refractivity contribution >= 4 is 53.9 Å². The Labute approximate surface area is 176 Å². The first-order valence-corrected chi connectivity index (χ1v) is 10.7. The Bertz CT molecular complexity index is 1600. The normalized spacial score (nSPS) is 12.5. The predicted octanol–water partition coefficient (Wildman–Crippen LogP) is 8.75. The molecule has 0 aliphatic rings. The fourth-order valence-corrected chi connectivity index (χ4v) is 5.09. The Kier molecular flexibility index (Phi) is 3.53. The van der Waals surface area contributed by atoms with Crippen molar-refractivity contribution in [2.45, 2.75) is 26.2 Å². The van der Waals surface area contributed by atoms with Crippen LogP contribution in [0.3, 0.4) is 0 Å². The third kappa shape index (κ3) is 2.34. The van der Waals surface area contributed by atoms with E-state index in [0.717, 1.165) is 0 Å². The van der Waals surface area contributed by atoms with Crippen LogP contribution < -0.4 is 0 Å². The van der Waals surface area contributed by atoms with Gasteiger partial charge in [0.2, 0.25) is 0 Å². The second kappa shape index (κ2) is 6.06. The summed E-state index contributed by atoms with van der Waals surface area (Å²) in [5, 5.41) is 13.5. The minimum absolute atomic E-state index is 0.110. The van der Waals surface area contributed by atoms with Crippen LogP contribution >= 0.6 is 0 Å². The first kappa shape index (κ1) is 17.5. The van der Waals surface area contributed by atoms with Crippen LogP contribution in [-0.2, 0) is 5.41 Å². The van der Waals surface area contributed by atoms with Crippen LogP contribution in [0.5, 0.6) is 0 Å². The summed E-state index contributed by atoms with van der Waals surface area (Å²) in [7, 11) is 0. The molecule has 0 aliphatic heterocycles. The van der Waals surface area contributed by atoms with E-state index in [1.165, 1.54) is 59.4 Å². The summed E-state index contributed by atoms with van der Waals surface area (Å²) in [5.41, 5.74) is 1.49. The lowest BCUT2D eigenvalue weighted by atomic mass is 9.82. The number of benzene rings is 6. The highest BCUT2D eigenvalue weighted by Gasteiger charge is 2.18. The monoisotopic (exact) mass is 384 g/mol. The minimum Gasteiger partial charge on any atom is -0.0616 e. The van der Waals surface area contributed by atoms with Gasteiger partial charge in [-0.2, -0.15) is 0 Å². The van der Waals surface area contributed by atoms with E-state index in [4.69, 9.17) is 0 Å². The highest BCUT2D eigenvalue weighted by Crippen LogP contribution is 2.44. The molecule has 0 aromatic heterocycles. The molecule has 0 aliphatic carbocycles. The van der Waals surface area contributed by atoms with Gasteiger partial charge in [-0.05, 0) is 70.9 Å². The van der Waals surface area contributed by atoms with Crippen molar-refractivity contribution in [2.75, 3.05) is 0 Å². The van der Waals surface area contributed by atoms with Gasteiger partial charge in [0.25, 0.3) is 0 Å². The Morgan fingerprint density at radius 3 is 1.20 bits per heavy atom. The van der Waals surface area contributed by atoms with Gasteiger partial charge in [0.1, 0.15) is 0 Å². The lowest BCUT2D eigenvalue weighted by Crippen LogP contribution is -2.10. The zero-order valence-corrected chi connectivity index (χ0v) is 17.7. The zero-order valence-electron chi connectivity index (χ0n) is 17.7. The van der Waals surface area contributed by atoms with Crippen LogP contribution in [0.4, 0.5) is 0 Å². The minimum atomic E-state index is 0.110. The maximum Gasteiger partial charge on any atom is -0.00138 e. The molecule has 0 unspecified atom stereocenters. The van der Waals surface area contributed by atoms with Crippen LogP contribution in [-0.4, -0.2) is 0 Å². The summed E-state index contributed by atoms with van der Waals surface area (Å²) in [4.78, 5) is 0. The van der Waals surface area contributed by atoms with Gasteiger partial charge in [0.15, 0.2) is 0 Å². The first-order valence-electron chi connectivity index (χ1n) is 10.7. The van der Waals surface area contributed by atoms with E-state index < -0.39 is 0 Å². The summed E-state index contributed by atoms with van der Waals surface area (Å²) in [6.07, 6.45) is 0. The largest absolute Gasteiger partial charge is 0.0616 e. The predicted molar refractivity (Wildman–Crippen MR) is 133 cm³/mol. The highest BCUT2D eigenvalue weighted by molar-refractivity contribution is 6.39. The molecule has 0 fully saturated rings.